The molecular formula is C8H13BN2O6S2. The van der Waals surface area contributed by atoms with Crippen LogP contribution in [0.15, 0.2) is 18.2 Å². The van der Waals surface area contributed by atoms with Crippen LogP contribution in [0, 0.1) is 0 Å². The highest BCUT2D eigenvalue weighted by Gasteiger charge is 2.19. The molecule has 1 aromatic carbocycles. The molecule has 19 heavy (non-hydrogen) atoms. The molecule has 0 saturated carbocycles. The molecular weight excluding hydrogens is 295 g/mol. The highest BCUT2D eigenvalue weighted by atomic mass is 32.2. The van der Waals surface area contributed by atoms with Gasteiger partial charge in [0, 0.05) is 16.8 Å². The van der Waals surface area contributed by atoms with E-state index < -0.39 is 27.2 Å². The summed E-state index contributed by atoms with van der Waals surface area (Å²) in [6.07, 6.45) is 1.84. The van der Waals surface area contributed by atoms with E-state index in [2.05, 4.69) is 9.44 Å². The van der Waals surface area contributed by atoms with Crippen molar-refractivity contribution in [2.75, 3.05) is 22.0 Å². The summed E-state index contributed by atoms with van der Waals surface area (Å²) in [6.45, 7) is 0. The molecule has 0 atom stereocenters. The highest BCUT2D eigenvalue weighted by molar-refractivity contribution is 7.92. The van der Waals surface area contributed by atoms with Crippen LogP contribution in [0.5, 0.6) is 0 Å². The van der Waals surface area contributed by atoms with Crippen molar-refractivity contribution in [3.05, 3.63) is 18.2 Å². The Labute approximate surface area is 111 Å². The zero-order valence-electron chi connectivity index (χ0n) is 10.2. The second kappa shape index (κ2) is 5.37. The van der Waals surface area contributed by atoms with Crippen molar-refractivity contribution in [1.82, 2.24) is 0 Å². The summed E-state index contributed by atoms with van der Waals surface area (Å²) in [5, 5.41) is 18.3. The minimum absolute atomic E-state index is 0.0449. The minimum Gasteiger partial charge on any atom is -0.423 e. The van der Waals surface area contributed by atoms with Crippen molar-refractivity contribution in [1.29, 1.82) is 0 Å². The first-order chi connectivity index (χ1) is 8.48. The van der Waals surface area contributed by atoms with E-state index in [0.29, 0.717) is 0 Å². The predicted molar refractivity (Wildman–Crippen MR) is 73.2 cm³/mol. The van der Waals surface area contributed by atoms with Crippen LogP contribution in [-0.4, -0.2) is 46.5 Å². The largest absolute Gasteiger partial charge is 0.490 e. The maximum atomic E-state index is 11.1. The zero-order chi connectivity index (χ0) is 14.8. The average Bonchev–Trinajstić information content (AvgIpc) is 2.15. The van der Waals surface area contributed by atoms with Gasteiger partial charge in [0.15, 0.2) is 0 Å². The Morgan fingerprint density at radius 1 is 1.00 bits per heavy atom. The number of nitrogens with one attached hydrogen (secondary N) is 2. The molecule has 11 heteroatoms. The lowest BCUT2D eigenvalue weighted by Crippen LogP contribution is -2.33. The molecule has 1 aromatic rings. The Balaban J connectivity index is 3.22. The molecule has 0 spiro atoms. The zero-order valence-corrected chi connectivity index (χ0v) is 11.8. The van der Waals surface area contributed by atoms with Crippen molar-refractivity contribution in [3.8, 4) is 0 Å². The third kappa shape index (κ3) is 5.47. The third-order valence-corrected chi connectivity index (χ3v) is 3.13. The van der Waals surface area contributed by atoms with Crippen molar-refractivity contribution in [3.63, 3.8) is 0 Å². The van der Waals surface area contributed by atoms with E-state index in [0.717, 1.165) is 18.6 Å². The second-order valence-electron chi connectivity index (χ2n) is 3.92. The van der Waals surface area contributed by atoms with Gasteiger partial charge in [0.1, 0.15) is 0 Å². The van der Waals surface area contributed by atoms with E-state index in [4.69, 9.17) is 10.0 Å². The van der Waals surface area contributed by atoms with Crippen molar-refractivity contribution < 1.29 is 26.9 Å². The average molecular weight is 308 g/mol. The quantitative estimate of drug-likeness (QED) is 0.470. The van der Waals surface area contributed by atoms with Gasteiger partial charge in [-0.3, -0.25) is 9.44 Å². The molecule has 0 aromatic heterocycles. The SMILES string of the molecule is CS(=O)(=O)Nc1ccc(NS(C)(=O)=O)c(B(O)O)c1. The molecule has 0 saturated heterocycles. The Morgan fingerprint density at radius 3 is 1.95 bits per heavy atom. The standard InChI is InChI=1S/C8H13BN2O6S2/c1-18(14,15)10-6-3-4-8(11-19(2,16)17)7(5-6)9(12)13/h3-5,10-13H,1-2H3. The van der Waals surface area contributed by atoms with Crippen LogP contribution in [0.25, 0.3) is 0 Å². The van der Waals surface area contributed by atoms with E-state index in [1.165, 1.54) is 12.1 Å². The fraction of sp³-hybridized carbons (Fsp3) is 0.250. The van der Waals surface area contributed by atoms with Gasteiger partial charge in [-0.05, 0) is 18.2 Å². The molecule has 4 N–H and O–H groups in total. The van der Waals surface area contributed by atoms with Crippen LogP contribution in [0.2, 0.25) is 0 Å². The number of benzene rings is 1. The lowest BCUT2D eigenvalue weighted by molar-refractivity contribution is 0.426. The van der Waals surface area contributed by atoms with Crippen molar-refractivity contribution in [2.24, 2.45) is 0 Å². The minimum atomic E-state index is -3.59. The van der Waals surface area contributed by atoms with Crippen molar-refractivity contribution >= 4 is 44.0 Å². The summed E-state index contributed by atoms with van der Waals surface area (Å²) in [6, 6.07) is 3.64. The first kappa shape index (κ1) is 15.8. The first-order valence-electron chi connectivity index (χ1n) is 4.93. The van der Waals surface area contributed by atoms with Gasteiger partial charge in [0.2, 0.25) is 20.0 Å². The molecule has 0 fully saturated rings. The number of anilines is 2. The van der Waals surface area contributed by atoms with Gasteiger partial charge >= 0.3 is 7.12 Å². The summed E-state index contributed by atoms with van der Waals surface area (Å²) in [4.78, 5) is 0. The van der Waals surface area contributed by atoms with Gasteiger partial charge in [-0.1, -0.05) is 0 Å². The van der Waals surface area contributed by atoms with Gasteiger partial charge in [-0.15, -0.1) is 0 Å². The molecule has 8 nitrogen and oxygen atoms in total. The molecule has 0 heterocycles. The normalized spacial score (nSPS) is 12.0. The monoisotopic (exact) mass is 308 g/mol. The highest BCUT2D eigenvalue weighted by Crippen LogP contribution is 2.14. The Kier molecular flexibility index (Phi) is 4.45. The lowest BCUT2D eigenvalue weighted by atomic mass is 9.79. The Morgan fingerprint density at radius 2 is 1.53 bits per heavy atom. The van der Waals surface area contributed by atoms with Crippen LogP contribution >= 0.6 is 0 Å². The number of sulfonamides is 2. The first-order valence-corrected chi connectivity index (χ1v) is 8.72. The predicted octanol–water partition coefficient (Wildman–Crippen LogP) is -1.89. The second-order valence-corrected chi connectivity index (χ2v) is 7.42. The summed E-state index contributed by atoms with van der Waals surface area (Å²) in [5.41, 5.74) is -0.125. The van der Waals surface area contributed by atoms with Gasteiger partial charge in [-0.25, -0.2) is 16.8 Å². The maximum absolute atomic E-state index is 11.1. The van der Waals surface area contributed by atoms with Crippen molar-refractivity contribution in [2.45, 2.75) is 0 Å². The van der Waals surface area contributed by atoms with Crippen LogP contribution in [0.3, 0.4) is 0 Å². The fourth-order valence-electron chi connectivity index (χ4n) is 1.35. The summed E-state index contributed by atoms with van der Waals surface area (Å²) < 4.78 is 48.5. The summed E-state index contributed by atoms with van der Waals surface area (Å²) in [7, 11) is -9.06. The van der Waals surface area contributed by atoms with Crippen LogP contribution in [0.1, 0.15) is 0 Å². The van der Waals surface area contributed by atoms with Crippen LogP contribution in [-0.2, 0) is 20.0 Å². The van der Waals surface area contributed by atoms with E-state index in [1.807, 2.05) is 0 Å². The molecule has 0 amide bonds. The fourth-order valence-corrected chi connectivity index (χ4v) is 2.49. The maximum Gasteiger partial charge on any atom is 0.490 e. The molecule has 0 aliphatic heterocycles. The molecule has 0 unspecified atom stereocenters. The Bertz CT molecular complexity index is 670. The van der Waals surface area contributed by atoms with E-state index in [9.17, 15) is 16.8 Å². The van der Waals surface area contributed by atoms with Gasteiger partial charge in [0.25, 0.3) is 0 Å². The topological polar surface area (TPSA) is 133 Å². The third-order valence-electron chi connectivity index (χ3n) is 1.93. The summed E-state index contributed by atoms with van der Waals surface area (Å²) >= 11 is 0. The molecule has 0 aliphatic rings. The van der Waals surface area contributed by atoms with Crippen LogP contribution < -0.4 is 14.9 Å². The molecule has 0 radical (unpaired) electrons. The van der Waals surface area contributed by atoms with Gasteiger partial charge in [-0.2, -0.15) is 0 Å². The smallest absolute Gasteiger partial charge is 0.423 e. The lowest BCUT2D eigenvalue weighted by Gasteiger charge is -2.12. The van der Waals surface area contributed by atoms with Gasteiger partial charge < -0.3 is 10.0 Å². The molecule has 1 rings (SSSR count). The molecule has 106 valence electrons. The number of rotatable bonds is 5. The molecule has 0 aliphatic carbocycles. The van der Waals surface area contributed by atoms with E-state index in [1.54, 1.807) is 0 Å². The number of hydrogen-bond acceptors (Lipinski definition) is 6. The Hall–Kier alpha value is -1.30. The van der Waals surface area contributed by atoms with E-state index in [-0.39, 0.29) is 16.8 Å². The van der Waals surface area contributed by atoms with E-state index >= 15 is 0 Å². The van der Waals surface area contributed by atoms with Crippen LogP contribution in [0.4, 0.5) is 11.4 Å². The van der Waals surface area contributed by atoms with Gasteiger partial charge in [0.05, 0.1) is 12.5 Å². The number of hydrogen-bond donors (Lipinski definition) is 4. The molecule has 0 bridgehead atoms. The summed E-state index contributed by atoms with van der Waals surface area (Å²) in [5.74, 6) is 0.